The van der Waals surface area contributed by atoms with Gasteiger partial charge in [-0.3, -0.25) is 19.7 Å². The van der Waals surface area contributed by atoms with Gasteiger partial charge in [-0.25, -0.2) is 4.39 Å². The maximum atomic E-state index is 13.8. The molecule has 0 fully saturated rings. The second-order valence-electron chi connectivity index (χ2n) is 4.99. The van der Waals surface area contributed by atoms with Gasteiger partial charge >= 0.3 is 0 Å². The molecule has 0 aliphatic rings. The highest BCUT2D eigenvalue weighted by molar-refractivity contribution is 5.94. The van der Waals surface area contributed by atoms with Crippen LogP contribution in [0.15, 0.2) is 42.5 Å². The van der Waals surface area contributed by atoms with Crippen LogP contribution in [0.2, 0.25) is 0 Å². The van der Waals surface area contributed by atoms with Crippen LogP contribution in [0.3, 0.4) is 0 Å². The largest absolute Gasteiger partial charge is 0.326 e. The molecule has 124 valence electrons. The molecule has 0 saturated heterocycles. The standard InChI is InChI=1S/C16H14FN3O4/c1-10(21)18-12-6-7-13(17)14(9-12)19-16(22)8-11-4-2-3-5-15(11)20(23)24/h2-7,9H,8H2,1H3,(H,18,21)(H,19,22). The summed E-state index contributed by atoms with van der Waals surface area (Å²) in [6.07, 6.45) is -0.277. The molecule has 0 unspecified atom stereocenters. The van der Waals surface area contributed by atoms with E-state index < -0.39 is 16.6 Å². The quantitative estimate of drug-likeness (QED) is 0.649. The molecule has 2 aromatic carbocycles. The number of rotatable bonds is 5. The number of nitrogens with zero attached hydrogens (tertiary/aromatic N) is 1. The highest BCUT2D eigenvalue weighted by atomic mass is 19.1. The fourth-order valence-corrected chi connectivity index (χ4v) is 2.11. The number of amides is 2. The number of carbonyl (C=O) groups is 2. The van der Waals surface area contributed by atoms with Gasteiger partial charge in [0.15, 0.2) is 0 Å². The van der Waals surface area contributed by atoms with Gasteiger partial charge in [0.25, 0.3) is 5.69 Å². The third kappa shape index (κ3) is 4.35. The van der Waals surface area contributed by atoms with E-state index in [4.69, 9.17) is 0 Å². The number of carbonyl (C=O) groups excluding carboxylic acids is 2. The third-order valence-corrected chi connectivity index (χ3v) is 3.10. The summed E-state index contributed by atoms with van der Waals surface area (Å²) in [4.78, 5) is 33.4. The lowest BCUT2D eigenvalue weighted by Crippen LogP contribution is -2.16. The van der Waals surface area contributed by atoms with Gasteiger partial charge in [0.05, 0.1) is 17.0 Å². The number of para-hydroxylation sites is 1. The maximum Gasteiger partial charge on any atom is 0.273 e. The molecule has 2 amide bonds. The van der Waals surface area contributed by atoms with Gasteiger partial charge in [-0.05, 0) is 18.2 Å². The van der Waals surface area contributed by atoms with E-state index in [1.807, 2.05) is 0 Å². The van der Waals surface area contributed by atoms with Gasteiger partial charge < -0.3 is 10.6 Å². The van der Waals surface area contributed by atoms with E-state index in [1.165, 1.54) is 37.3 Å². The van der Waals surface area contributed by atoms with E-state index in [-0.39, 0.29) is 29.3 Å². The van der Waals surface area contributed by atoms with E-state index in [2.05, 4.69) is 10.6 Å². The predicted molar refractivity (Wildman–Crippen MR) is 86.1 cm³/mol. The Balaban J connectivity index is 2.16. The summed E-state index contributed by atoms with van der Waals surface area (Å²) in [6, 6.07) is 9.56. The molecule has 2 N–H and O–H groups in total. The van der Waals surface area contributed by atoms with Gasteiger partial charge in [-0.2, -0.15) is 0 Å². The van der Waals surface area contributed by atoms with Crippen molar-refractivity contribution >= 4 is 28.9 Å². The molecule has 0 bridgehead atoms. The Morgan fingerprint density at radius 1 is 1.17 bits per heavy atom. The van der Waals surface area contributed by atoms with E-state index >= 15 is 0 Å². The second-order valence-corrected chi connectivity index (χ2v) is 4.99. The van der Waals surface area contributed by atoms with Crippen molar-refractivity contribution in [3.63, 3.8) is 0 Å². The van der Waals surface area contributed by atoms with Crippen molar-refractivity contribution in [3.05, 3.63) is 64.0 Å². The van der Waals surface area contributed by atoms with Crippen molar-refractivity contribution < 1.29 is 18.9 Å². The Morgan fingerprint density at radius 3 is 2.54 bits per heavy atom. The number of anilines is 2. The van der Waals surface area contributed by atoms with Gasteiger partial charge in [0.2, 0.25) is 11.8 Å². The van der Waals surface area contributed by atoms with Crippen LogP contribution in [-0.4, -0.2) is 16.7 Å². The van der Waals surface area contributed by atoms with E-state index in [9.17, 15) is 24.1 Å². The van der Waals surface area contributed by atoms with Crippen molar-refractivity contribution in [2.75, 3.05) is 10.6 Å². The van der Waals surface area contributed by atoms with Gasteiger partial charge in [-0.1, -0.05) is 18.2 Å². The van der Waals surface area contributed by atoms with E-state index in [0.717, 1.165) is 6.07 Å². The van der Waals surface area contributed by atoms with Crippen LogP contribution in [0.1, 0.15) is 12.5 Å². The summed E-state index contributed by atoms with van der Waals surface area (Å²) in [7, 11) is 0. The number of hydrogen-bond acceptors (Lipinski definition) is 4. The molecule has 0 heterocycles. The fourth-order valence-electron chi connectivity index (χ4n) is 2.11. The molecule has 7 nitrogen and oxygen atoms in total. The first-order chi connectivity index (χ1) is 11.4. The molecule has 0 aliphatic carbocycles. The summed E-state index contributed by atoms with van der Waals surface area (Å²) in [5.41, 5.74) is 0.244. The predicted octanol–water partition coefficient (Wildman–Crippen LogP) is 2.87. The minimum Gasteiger partial charge on any atom is -0.326 e. The molecule has 2 rings (SSSR count). The molecule has 0 saturated carbocycles. The second kappa shape index (κ2) is 7.32. The number of benzene rings is 2. The van der Waals surface area contributed by atoms with Crippen LogP contribution in [-0.2, 0) is 16.0 Å². The van der Waals surface area contributed by atoms with Crippen molar-refractivity contribution in [2.45, 2.75) is 13.3 Å². The number of hydrogen-bond donors (Lipinski definition) is 2. The first kappa shape index (κ1) is 17.1. The third-order valence-electron chi connectivity index (χ3n) is 3.10. The minimum atomic E-state index is -0.681. The summed E-state index contributed by atoms with van der Waals surface area (Å²) in [6.45, 7) is 1.30. The monoisotopic (exact) mass is 331 g/mol. The van der Waals surface area contributed by atoms with Gasteiger partial charge in [0.1, 0.15) is 5.82 Å². The fraction of sp³-hybridized carbons (Fsp3) is 0.125. The van der Waals surface area contributed by atoms with Crippen LogP contribution < -0.4 is 10.6 Å². The van der Waals surface area contributed by atoms with Gasteiger partial charge in [-0.15, -0.1) is 0 Å². The van der Waals surface area contributed by atoms with Gasteiger partial charge in [0, 0.05) is 24.2 Å². The minimum absolute atomic E-state index is 0.121. The van der Waals surface area contributed by atoms with Crippen LogP contribution in [0.4, 0.5) is 21.5 Å². The molecule has 0 spiro atoms. The van der Waals surface area contributed by atoms with Crippen molar-refractivity contribution in [3.8, 4) is 0 Å². The molecule has 0 aliphatic heterocycles. The molecule has 0 radical (unpaired) electrons. The first-order valence-electron chi connectivity index (χ1n) is 6.96. The highest BCUT2D eigenvalue weighted by Crippen LogP contribution is 2.22. The first-order valence-corrected chi connectivity index (χ1v) is 6.96. The lowest BCUT2D eigenvalue weighted by atomic mass is 10.1. The normalized spacial score (nSPS) is 10.1. The van der Waals surface area contributed by atoms with Crippen molar-refractivity contribution in [1.82, 2.24) is 0 Å². The zero-order valence-electron chi connectivity index (χ0n) is 12.7. The smallest absolute Gasteiger partial charge is 0.273 e. The number of nitro groups is 1. The highest BCUT2D eigenvalue weighted by Gasteiger charge is 2.16. The summed E-state index contributed by atoms with van der Waals surface area (Å²) in [5, 5.41) is 15.8. The maximum absolute atomic E-state index is 13.8. The molecular weight excluding hydrogens is 317 g/mol. The zero-order chi connectivity index (χ0) is 17.7. The Labute approximate surface area is 136 Å². The van der Waals surface area contributed by atoms with E-state index in [1.54, 1.807) is 6.07 Å². The van der Waals surface area contributed by atoms with Crippen molar-refractivity contribution in [1.29, 1.82) is 0 Å². The molecule has 8 heteroatoms. The molecule has 2 aromatic rings. The number of nitrogens with one attached hydrogen (secondary N) is 2. The average molecular weight is 331 g/mol. The Bertz CT molecular complexity index is 808. The lowest BCUT2D eigenvalue weighted by Gasteiger charge is -2.09. The summed E-state index contributed by atoms with van der Waals surface area (Å²) in [5.74, 6) is -1.62. The Hall–Kier alpha value is -3.29. The zero-order valence-corrected chi connectivity index (χ0v) is 12.7. The topological polar surface area (TPSA) is 101 Å². The molecule has 0 atom stereocenters. The van der Waals surface area contributed by atoms with Crippen LogP contribution in [0.5, 0.6) is 0 Å². The van der Waals surface area contributed by atoms with E-state index in [0.29, 0.717) is 5.69 Å². The van der Waals surface area contributed by atoms with Crippen LogP contribution in [0.25, 0.3) is 0 Å². The summed E-state index contributed by atoms with van der Waals surface area (Å²) < 4.78 is 13.8. The average Bonchev–Trinajstić information content (AvgIpc) is 2.50. The van der Waals surface area contributed by atoms with Crippen molar-refractivity contribution in [2.24, 2.45) is 0 Å². The summed E-state index contributed by atoms with van der Waals surface area (Å²) >= 11 is 0. The SMILES string of the molecule is CC(=O)Nc1ccc(F)c(NC(=O)Cc2ccccc2[N+](=O)[O-])c1. The molecular formula is C16H14FN3O4. The Kier molecular flexibility index (Phi) is 5.20. The molecule has 24 heavy (non-hydrogen) atoms. The molecule has 0 aromatic heterocycles. The van der Waals surface area contributed by atoms with Crippen LogP contribution >= 0.6 is 0 Å². The Morgan fingerprint density at radius 2 is 1.88 bits per heavy atom. The number of nitro benzene ring substituents is 1. The number of halogens is 1. The van der Waals surface area contributed by atoms with Crippen LogP contribution in [0, 0.1) is 15.9 Å². The lowest BCUT2D eigenvalue weighted by molar-refractivity contribution is -0.385.